The van der Waals surface area contributed by atoms with Crippen LogP contribution in [-0.2, 0) is 11.2 Å². The Morgan fingerprint density at radius 3 is 3.00 bits per heavy atom. The molecule has 0 fully saturated rings. The van der Waals surface area contributed by atoms with Crippen LogP contribution in [0.2, 0.25) is 0 Å². The van der Waals surface area contributed by atoms with Crippen molar-refractivity contribution in [2.24, 2.45) is 0 Å². The SMILES string of the molecule is CCCNC(C1=CCCCO1)c1sccc1CC. The Bertz CT molecular complexity index is 397. The summed E-state index contributed by atoms with van der Waals surface area (Å²) in [5, 5.41) is 5.83. The van der Waals surface area contributed by atoms with Gasteiger partial charge in [0.1, 0.15) is 5.76 Å². The van der Waals surface area contributed by atoms with E-state index in [0.29, 0.717) is 0 Å². The Hall–Kier alpha value is -0.800. The molecule has 3 heteroatoms. The van der Waals surface area contributed by atoms with Gasteiger partial charge in [-0.25, -0.2) is 0 Å². The van der Waals surface area contributed by atoms with Crippen LogP contribution in [0.5, 0.6) is 0 Å². The van der Waals surface area contributed by atoms with E-state index >= 15 is 0 Å². The van der Waals surface area contributed by atoms with Crippen molar-refractivity contribution in [3.8, 4) is 0 Å². The van der Waals surface area contributed by atoms with E-state index in [1.165, 1.54) is 10.4 Å². The minimum absolute atomic E-state index is 0.264. The third-order valence-corrected chi connectivity index (χ3v) is 4.29. The van der Waals surface area contributed by atoms with Crippen LogP contribution < -0.4 is 5.32 Å². The molecule has 0 amide bonds. The highest BCUT2D eigenvalue weighted by molar-refractivity contribution is 7.10. The van der Waals surface area contributed by atoms with Crippen molar-refractivity contribution in [1.29, 1.82) is 0 Å². The van der Waals surface area contributed by atoms with Gasteiger partial charge in [0.25, 0.3) is 0 Å². The van der Waals surface area contributed by atoms with E-state index in [0.717, 1.165) is 44.6 Å². The fraction of sp³-hybridized carbons (Fsp3) is 0.600. The molecule has 0 spiro atoms. The fourth-order valence-corrected chi connectivity index (χ4v) is 3.36. The van der Waals surface area contributed by atoms with Crippen LogP contribution in [0.1, 0.15) is 49.6 Å². The molecule has 1 aromatic heterocycles. The zero-order valence-corrected chi connectivity index (χ0v) is 12.2. The average Bonchev–Trinajstić information content (AvgIpc) is 2.89. The van der Waals surface area contributed by atoms with Crippen LogP contribution in [0.15, 0.2) is 23.3 Å². The Labute approximate surface area is 114 Å². The highest BCUT2D eigenvalue weighted by Crippen LogP contribution is 2.32. The molecule has 0 radical (unpaired) electrons. The number of ether oxygens (including phenoxy) is 1. The number of rotatable bonds is 6. The van der Waals surface area contributed by atoms with Crippen LogP contribution >= 0.6 is 11.3 Å². The first-order chi connectivity index (χ1) is 8.86. The van der Waals surface area contributed by atoms with E-state index in [9.17, 15) is 0 Å². The normalized spacial score (nSPS) is 17.1. The smallest absolute Gasteiger partial charge is 0.114 e. The molecule has 1 unspecified atom stereocenters. The second-order valence-corrected chi connectivity index (χ2v) is 5.60. The van der Waals surface area contributed by atoms with Gasteiger partial charge in [0.2, 0.25) is 0 Å². The third kappa shape index (κ3) is 3.15. The summed E-state index contributed by atoms with van der Waals surface area (Å²) in [7, 11) is 0. The number of aryl methyl sites for hydroxylation is 1. The van der Waals surface area contributed by atoms with Crippen LogP contribution in [0, 0.1) is 0 Å². The Kier molecular flexibility index (Phi) is 5.26. The Balaban J connectivity index is 2.21. The largest absolute Gasteiger partial charge is 0.496 e. The molecule has 0 aliphatic carbocycles. The van der Waals surface area contributed by atoms with Gasteiger partial charge in [-0.15, -0.1) is 11.3 Å². The predicted molar refractivity (Wildman–Crippen MR) is 78.0 cm³/mol. The van der Waals surface area contributed by atoms with Crippen molar-refractivity contribution in [3.63, 3.8) is 0 Å². The van der Waals surface area contributed by atoms with Crippen molar-refractivity contribution < 1.29 is 4.74 Å². The molecule has 1 aliphatic heterocycles. The molecule has 2 nitrogen and oxygen atoms in total. The third-order valence-electron chi connectivity index (χ3n) is 3.27. The van der Waals surface area contributed by atoms with Gasteiger partial charge in [0.15, 0.2) is 0 Å². The van der Waals surface area contributed by atoms with Crippen molar-refractivity contribution in [3.05, 3.63) is 33.7 Å². The lowest BCUT2D eigenvalue weighted by molar-refractivity contribution is 0.168. The molecule has 1 N–H and O–H groups in total. The van der Waals surface area contributed by atoms with Gasteiger partial charge >= 0.3 is 0 Å². The second-order valence-electron chi connectivity index (χ2n) is 4.65. The van der Waals surface area contributed by atoms with Gasteiger partial charge in [-0.1, -0.05) is 13.8 Å². The van der Waals surface area contributed by atoms with Gasteiger partial charge in [0.05, 0.1) is 12.6 Å². The maximum atomic E-state index is 5.87. The summed E-state index contributed by atoms with van der Waals surface area (Å²) in [6, 6.07) is 2.50. The van der Waals surface area contributed by atoms with Crippen molar-refractivity contribution in [1.82, 2.24) is 5.32 Å². The summed E-state index contributed by atoms with van der Waals surface area (Å²) in [5.41, 5.74) is 1.45. The molecule has 1 aliphatic rings. The lowest BCUT2D eigenvalue weighted by atomic mass is 10.1. The van der Waals surface area contributed by atoms with Gasteiger partial charge < -0.3 is 10.1 Å². The zero-order chi connectivity index (χ0) is 12.8. The number of hydrogen-bond donors (Lipinski definition) is 1. The summed E-state index contributed by atoms with van der Waals surface area (Å²) >= 11 is 1.84. The number of hydrogen-bond acceptors (Lipinski definition) is 3. The fourth-order valence-electron chi connectivity index (χ4n) is 2.28. The Morgan fingerprint density at radius 2 is 2.33 bits per heavy atom. The number of nitrogens with one attached hydrogen (secondary N) is 1. The maximum Gasteiger partial charge on any atom is 0.114 e. The van der Waals surface area contributed by atoms with E-state index in [-0.39, 0.29) is 6.04 Å². The molecular weight excluding hydrogens is 242 g/mol. The number of allylic oxidation sites excluding steroid dienone is 1. The van der Waals surface area contributed by atoms with Crippen LogP contribution in [0.4, 0.5) is 0 Å². The molecule has 1 aromatic rings. The van der Waals surface area contributed by atoms with Crippen molar-refractivity contribution in [2.45, 2.75) is 45.6 Å². The molecule has 0 saturated carbocycles. The van der Waals surface area contributed by atoms with Crippen LogP contribution in [0.3, 0.4) is 0 Å². The first kappa shape index (κ1) is 13.6. The van der Waals surface area contributed by atoms with Crippen molar-refractivity contribution in [2.75, 3.05) is 13.2 Å². The van der Waals surface area contributed by atoms with Crippen LogP contribution in [0.25, 0.3) is 0 Å². The minimum atomic E-state index is 0.264. The summed E-state index contributed by atoms with van der Waals surface area (Å²) in [4.78, 5) is 1.43. The van der Waals surface area contributed by atoms with Gasteiger partial charge in [-0.2, -0.15) is 0 Å². The molecule has 100 valence electrons. The first-order valence-electron chi connectivity index (χ1n) is 6.99. The average molecular weight is 265 g/mol. The number of thiophene rings is 1. The second kappa shape index (κ2) is 6.95. The first-order valence-corrected chi connectivity index (χ1v) is 7.87. The predicted octanol–water partition coefficient (Wildman–Crippen LogP) is 4.05. The Morgan fingerprint density at radius 1 is 1.44 bits per heavy atom. The molecule has 2 heterocycles. The topological polar surface area (TPSA) is 21.3 Å². The van der Waals surface area contributed by atoms with E-state index < -0.39 is 0 Å². The quantitative estimate of drug-likeness (QED) is 0.838. The monoisotopic (exact) mass is 265 g/mol. The highest BCUT2D eigenvalue weighted by atomic mass is 32.1. The van der Waals surface area contributed by atoms with Crippen molar-refractivity contribution >= 4 is 11.3 Å². The van der Waals surface area contributed by atoms with E-state index in [2.05, 4.69) is 36.7 Å². The zero-order valence-electron chi connectivity index (χ0n) is 11.4. The molecule has 18 heavy (non-hydrogen) atoms. The standard InChI is InChI=1S/C15H23NOS/c1-3-9-16-14(13-7-5-6-10-17-13)15-12(4-2)8-11-18-15/h7-8,11,14,16H,3-6,9-10H2,1-2H3. The van der Waals surface area contributed by atoms with Gasteiger partial charge in [0, 0.05) is 4.88 Å². The molecular formula is C15H23NOS. The molecule has 1 atom stereocenters. The lowest BCUT2D eigenvalue weighted by Crippen LogP contribution is -2.26. The van der Waals surface area contributed by atoms with Crippen LogP contribution in [-0.4, -0.2) is 13.2 Å². The maximum absolute atomic E-state index is 5.87. The summed E-state index contributed by atoms with van der Waals surface area (Å²) in [6.45, 7) is 6.32. The lowest BCUT2D eigenvalue weighted by Gasteiger charge is -2.25. The van der Waals surface area contributed by atoms with Gasteiger partial charge in [-0.3, -0.25) is 0 Å². The molecule has 0 aromatic carbocycles. The molecule has 0 saturated heterocycles. The molecule has 2 rings (SSSR count). The highest BCUT2D eigenvalue weighted by Gasteiger charge is 2.22. The summed E-state index contributed by atoms with van der Waals surface area (Å²) in [5.74, 6) is 1.13. The van der Waals surface area contributed by atoms with E-state index in [4.69, 9.17) is 4.74 Å². The summed E-state index contributed by atoms with van der Waals surface area (Å²) < 4.78 is 5.87. The summed E-state index contributed by atoms with van der Waals surface area (Å²) in [6.07, 6.45) is 6.80. The minimum Gasteiger partial charge on any atom is -0.496 e. The molecule has 0 bridgehead atoms. The van der Waals surface area contributed by atoms with Gasteiger partial charge in [-0.05, 0) is 55.3 Å². The van der Waals surface area contributed by atoms with E-state index in [1.54, 1.807) is 0 Å². The van der Waals surface area contributed by atoms with E-state index in [1.807, 2.05) is 11.3 Å².